The first-order valence-electron chi connectivity index (χ1n) is 3.19. The van der Waals surface area contributed by atoms with Crippen molar-refractivity contribution in [1.82, 2.24) is 4.90 Å². The number of epoxide rings is 1. The van der Waals surface area contributed by atoms with Gasteiger partial charge in [0.2, 0.25) is 0 Å². The van der Waals surface area contributed by atoms with Crippen molar-refractivity contribution >= 4 is 0 Å². The smallest absolute Gasteiger partial charge is 0.199 e. The maximum Gasteiger partial charge on any atom is 0.199 e. The fourth-order valence-corrected chi connectivity index (χ4v) is 0.743. The molecule has 0 aliphatic carbocycles. The topological polar surface area (TPSA) is 25.0 Å². The van der Waals surface area contributed by atoms with Crippen molar-refractivity contribution < 1.29 is 9.47 Å². The standard InChI is InChI=1S/C6H13NO2/c1-4-8-6-5(9-6)7(2)3/h5-6H,4H2,1-3H3. The summed E-state index contributed by atoms with van der Waals surface area (Å²) in [6.45, 7) is 2.70. The van der Waals surface area contributed by atoms with Gasteiger partial charge in [-0.1, -0.05) is 0 Å². The second kappa shape index (κ2) is 2.64. The van der Waals surface area contributed by atoms with Crippen LogP contribution in [0.2, 0.25) is 0 Å². The zero-order valence-corrected chi connectivity index (χ0v) is 6.13. The van der Waals surface area contributed by atoms with Gasteiger partial charge in [0.1, 0.15) is 0 Å². The second-order valence-corrected chi connectivity index (χ2v) is 2.31. The van der Waals surface area contributed by atoms with Crippen LogP contribution in [-0.2, 0) is 9.47 Å². The quantitative estimate of drug-likeness (QED) is 0.514. The van der Waals surface area contributed by atoms with E-state index < -0.39 is 0 Å². The van der Waals surface area contributed by atoms with Crippen LogP contribution < -0.4 is 0 Å². The zero-order valence-electron chi connectivity index (χ0n) is 6.13. The van der Waals surface area contributed by atoms with E-state index in [4.69, 9.17) is 9.47 Å². The fourth-order valence-electron chi connectivity index (χ4n) is 0.743. The lowest BCUT2D eigenvalue weighted by atomic mass is 10.6. The Balaban J connectivity index is 2.09. The zero-order chi connectivity index (χ0) is 6.85. The lowest BCUT2D eigenvalue weighted by Gasteiger charge is -2.02. The number of nitrogens with zero attached hydrogens (tertiary/aromatic N) is 1. The van der Waals surface area contributed by atoms with Gasteiger partial charge in [-0.25, -0.2) is 0 Å². The van der Waals surface area contributed by atoms with Gasteiger partial charge in [0.25, 0.3) is 0 Å². The summed E-state index contributed by atoms with van der Waals surface area (Å²) < 4.78 is 10.3. The molecule has 1 saturated heterocycles. The Hall–Kier alpha value is -0.120. The molecule has 0 aromatic rings. The first-order chi connectivity index (χ1) is 4.25. The molecule has 0 spiro atoms. The largest absolute Gasteiger partial charge is 0.349 e. The number of ether oxygens (including phenoxy) is 2. The highest BCUT2D eigenvalue weighted by molar-refractivity contribution is 4.72. The molecule has 3 heteroatoms. The Morgan fingerprint density at radius 3 is 2.56 bits per heavy atom. The van der Waals surface area contributed by atoms with Crippen molar-refractivity contribution in [3.8, 4) is 0 Å². The summed E-state index contributed by atoms with van der Waals surface area (Å²) in [4.78, 5) is 2.00. The summed E-state index contributed by atoms with van der Waals surface area (Å²) in [5, 5.41) is 0. The van der Waals surface area contributed by atoms with Crippen LogP contribution in [0.3, 0.4) is 0 Å². The van der Waals surface area contributed by atoms with Crippen LogP contribution in [0, 0.1) is 0 Å². The third-order valence-corrected chi connectivity index (χ3v) is 1.27. The highest BCUT2D eigenvalue weighted by atomic mass is 16.8. The summed E-state index contributed by atoms with van der Waals surface area (Å²) in [5.41, 5.74) is 0. The highest BCUT2D eigenvalue weighted by Crippen LogP contribution is 2.24. The SMILES string of the molecule is CCOC1OC1N(C)C. The number of rotatable bonds is 3. The third kappa shape index (κ3) is 1.64. The van der Waals surface area contributed by atoms with E-state index in [2.05, 4.69) is 0 Å². The maximum atomic E-state index is 5.16. The molecule has 1 aliphatic rings. The maximum absolute atomic E-state index is 5.16. The van der Waals surface area contributed by atoms with Gasteiger partial charge in [-0.2, -0.15) is 0 Å². The van der Waals surface area contributed by atoms with Gasteiger partial charge in [-0.15, -0.1) is 0 Å². The second-order valence-electron chi connectivity index (χ2n) is 2.31. The summed E-state index contributed by atoms with van der Waals surface area (Å²) in [6, 6.07) is 0. The van der Waals surface area contributed by atoms with E-state index in [0.29, 0.717) is 0 Å². The number of hydrogen-bond acceptors (Lipinski definition) is 3. The predicted octanol–water partition coefficient (Wildman–Crippen LogP) is 0.267. The first kappa shape index (κ1) is 6.99. The summed E-state index contributed by atoms with van der Waals surface area (Å²) in [6.07, 6.45) is 0.231. The molecule has 9 heavy (non-hydrogen) atoms. The van der Waals surface area contributed by atoms with Crippen LogP contribution in [-0.4, -0.2) is 38.1 Å². The van der Waals surface area contributed by atoms with E-state index >= 15 is 0 Å². The minimum absolute atomic E-state index is 0.0324. The minimum atomic E-state index is 0.0324. The molecule has 2 unspecified atom stereocenters. The average molecular weight is 131 g/mol. The van der Waals surface area contributed by atoms with E-state index in [1.807, 2.05) is 25.9 Å². The minimum Gasteiger partial charge on any atom is -0.349 e. The summed E-state index contributed by atoms with van der Waals surface area (Å²) in [7, 11) is 3.95. The van der Waals surface area contributed by atoms with Gasteiger partial charge in [0, 0.05) is 6.61 Å². The Morgan fingerprint density at radius 2 is 2.22 bits per heavy atom. The molecule has 54 valence electrons. The van der Waals surface area contributed by atoms with Crippen molar-refractivity contribution in [2.24, 2.45) is 0 Å². The molecule has 2 atom stereocenters. The molecule has 0 saturated carbocycles. The Morgan fingerprint density at radius 1 is 1.56 bits per heavy atom. The van der Waals surface area contributed by atoms with Gasteiger partial charge in [-0.05, 0) is 21.0 Å². The van der Waals surface area contributed by atoms with Crippen molar-refractivity contribution in [1.29, 1.82) is 0 Å². The molecular formula is C6H13NO2. The van der Waals surface area contributed by atoms with Crippen LogP contribution in [0.5, 0.6) is 0 Å². The number of hydrogen-bond donors (Lipinski definition) is 0. The molecule has 3 nitrogen and oxygen atoms in total. The summed E-state index contributed by atoms with van der Waals surface area (Å²) >= 11 is 0. The van der Waals surface area contributed by atoms with E-state index in [-0.39, 0.29) is 12.5 Å². The average Bonchev–Trinajstić information content (AvgIpc) is 2.47. The van der Waals surface area contributed by atoms with Gasteiger partial charge in [0.05, 0.1) is 0 Å². The van der Waals surface area contributed by atoms with Gasteiger partial charge in [0.15, 0.2) is 12.5 Å². The van der Waals surface area contributed by atoms with Crippen LogP contribution in [0.25, 0.3) is 0 Å². The van der Waals surface area contributed by atoms with Crippen LogP contribution in [0.15, 0.2) is 0 Å². The van der Waals surface area contributed by atoms with Crippen LogP contribution in [0.4, 0.5) is 0 Å². The van der Waals surface area contributed by atoms with E-state index in [0.717, 1.165) is 6.61 Å². The number of likely N-dealkylation sites (N-methyl/N-ethyl adjacent to an activating group) is 1. The molecule has 1 fully saturated rings. The highest BCUT2D eigenvalue weighted by Gasteiger charge is 2.41. The molecule has 0 aromatic carbocycles. The molecule has 1 aliphatic heterocycles. The Labute approximate surface area is 55.5 Å². The van der Waals surface area contributed by atoms with Crippen LogP contribution in [0.1, 0.15) is 6.92 Å². The molecule has 1 rings (SSSR count). The lowest BCUT2D eigenvalue weighted by Crippen LogP contribution is -2.18. The first-order valence-corrected chi connectivity index (χ1v) is 3.19. The molecule has 0 aromatic heterocycles. The molecule has 0 bridgehead atoms. The third-order valence-electron chi connectivity index (χ3n) is 1.27. The molecule has 0 amide bonds. The van der Waals surface area contributed by atoms with Gasteiger partial charge in [-0.3, -0.25) is 4.90 Å². The van der Waals surface area contributed by atoms with Crippen LogP contribution >= 0.6 is 0 Å². The van der Waals surface area contributed by atoms with E-state index in [1.54, 1.807) is 0 Å². The monoisotopic (exact) mass is 131 g/mol. The fraction of sp³-hybridized carbons (Fsp3) is 1.00. The molecule has 0 radical (unpaired) electrons. The predicted molar refractivity (Wildman–Crippen MR) is 34.0 cm³/mol. The lowest BCUT2D eigenvalue weighted by molar-refractivity contribution is 0.0592. The summed E-state index contributed by atoms with van der Waals surface area (Å²) in [5.74, 6) is 0. The van der Waals surface area contributed by atoms with Crippen molar-refractivity contribution in [3.05, 3.63) is 0 Å². The van der Waals surface area contributed by atoms with E-state index in [9.17, 15) is 0 Å². The molecular weight excluding hydrogens is 118 g/mol. The van der Waals surface area contributed by atoms with Crippen molar-refractivity contribution in [2.75, 3.05) is 20.7 Å². The van der Waals surface area contributed by atoms with Gasteiger partial charge >= 0.3 is 0 Å². The van der Waals surface area contributed by atoms with Crippen molar-refractivity contribution in [3.63, 3.8) is 0 Å². The van der Waals surface area contributed by atoms with E-state index in [1.165, 1.54) is 0 Å². The normalized spacial score (nSPS) is 33.3. The van der Waals surface area contributed by atoms with Crippen molar-refractivity contribution in [2.45, 2.75) is 19.4 Å². The Bertz CT molecular complexity index is 95.1. The molecule has 1 heterocycles. The molecule has 0 N–H and O–H groups in total. The Kier molecular flexibility index (Phi) is 2.05. The van der Waals surface area contributed by atoms with Gasteiger partial charge < -0.3 is 9.47 Å².